The second kappa shape index (κ2) is 6.40. The number of halogens is 1. The van der Waals surface area contributed by atoms with Gasteiger partial charge in [0.1, 0.15) is 0 Å². The van der Waals surface area contributed by atoms with Crippen molar-refractivity contribution in [1.29, 1.82) is 0 Å². The number of hydrogen-bond donors (Lipinski definition) is 1. The number of aromatic nitrogens is 2. The summed E-state index contributed by atoms with van der Waals surface area (Å²) in [5.41, 5.74) is 2.02. The van der Waals surface area contributed by atoms with Crippen molar-refractivity contribution in [3.8, 4) is 0 Å². The van der Waals surface area contributed by atoms with Crippen LogP contribution in [0, 0.1) is 5.92 Å². The predicted molar refractivity (Wildman–Crippen MR) is 87.8 cm³/mol. The zero-order chi connectivity index (χ0) is 14.8. The molecule has 1 fully saturated rings. The molecule has 0 amide bonds. The normalized spacial score (nSPS) is 15.9. The maximum atomic E-state index is 10.8. The fourth-order valence-electron chi connectivity index (χ4n) is 2.94. The van der Waals surface area contributed by atoms with Gasteiger partial charge in [-0.2, -0.15) is 0 Å². The molecular weight excluding hydrogens is 352 g/mol. The van der Waals surface area contributed by atoms with Gasteiger partial charge >= 0.3 is 5.97 Å². The molecule has 21 heavy (non-hydrogen) atoms. The van der Waals surface area contributed by atoms with Gasteiger partial charge in [-0.1, -0.05) is 40.5 Å². The molecule has 0 spiro atoms. The number of nitrogens with zero attached hydrogens (tertiary/aromatic N) is 2. The summed E-state index contributed by atoms with van der Waals surface area (Å²) in [4.78, 5) is 15.4. The lowest BCUT2D eigenvalue weighted by atomic mass is 10.1. The average Bonchev–Trinajstić information content (AvgIpc) is 3.06. The van der Waals surface area contributed by atoms with E-state index >= 15 is 0 Å². The molecular formula is C15H17BrN2O2S. The molecule has 0 aliphatic heterocycles. The number of benzene rings is 1. The van der Waals surface area contributed by atoms with Crippen LogP contribution in [0.1, 0.15) is 25.7 Å². The third kappa shape index (κ3) is 3.43. The zero-order valence-electron chi connectivity index (χ0n) is 11.6. The lowest BCUT2D eigenvalue weighted by Crippen LogP contribution is -2.09. The van der Waals surface area contributed by atoms with Crippen molar-refractivity contribution in [2.24, 2.45) is 5.92 Å². The number of carbonyl (C=O) groups is 1. The first-order chi connectivity index (χ1) is 10.1. The number of aliphatic carboxylic acids is 1. The lowest BCUT2D eigenvalue weighted by Gasteiger charge is -2.13. The summed E-state index contributed by atoms with van der Waals surface area (Å²) in [6.45, 7) is 0.939. The largest absolute Gasteiger partial charge is 0.481 e. The van der Waals surface area contributed by atoms with Crippen LogP contribution < -0.4 is 0 Å². The van der Waals surface area contributed by atoms with Gasteiger partial charge in [0, 0.05) is 11.0 Å². The minimum absolute atomic E-state index is 0.0508. The number of thioether (sulfide) groups is 1. The number of carboxylic acids is 1. The molecule has 6 heteroatoms. The highest BCUT2D eigenvalue weighted by atomic mass is 79.9. The van der Waals surface area contributed by atoms with Crippen molar-refractivity contribution in [3.05, 3.63) is 22.7 Å². The van der Waals surface area contributed by atoms with Crippen LogP contribution in [0.2, 0.25) is 0 Å². The molecule has 1 aromatic carbocycles. The second-order valence-corrected chi connectivity index (χ2v) is 7.33. The van der Waals surface area contributed by atoms with Crippen LogP contribution in [-0.2, 0) is 11.3 Å². The van der Waals surface area contributed by atoms with Gasteiger partial charge in [-0.05, 0) is 37.0 Å². The summed E-state index contributed by atoms with van der Waals surface area (Å²) in [6.07, 6.45) is 5.13. The first-order valence-electron chi connectivity index (χ1n) is 7.14. The molecule has 1 aliphatic rings. The molecule has 1 N–H and O–H groups in total. The highest BCUT2D eigenvalue weighted by Gasteiger charge is 2.20. The maximum absolute atomic E-state index is 10.8. The number of rotatable bonds is 5. The Morgan fingerprint density at radius 3 is 2.90 bits per heavy atom. The van der Waals surface area contributed by atoms with E-state index in [1.54, 1.807) is 0 Å². The number of fused-ring (bicyclic) bond motifs is 1. The van der Waals surface area contributed by atoms with Crippen molar-refractivity contribution in [2.45, 2.75) is 37.4 Å². The highest BCUT2D eigenvalue weighted by molar-refractivity contribution is 9.10. The minimum Gasteiger partial charge on any atom is -0.481 e. The van der Waals surface area contributed by atoms with E-state index in [2.05, 4.69) is 31.5 Å². The van der Waals surface area contributed by atoms with Crippen LogP contribution >= 0.6 is 27.7 Å². The number of imidazole rings is 1. The van der Waals surface area contributed by atoms with E-state index in [1.807, 2.05) is 12.1 Å². The van der Waals surface area contributed by atoms with Gasteiger partial charge in [0.25, 0.3) is 0 Å². The Bertz CT molecular complexity index is 665. The van der Waals surface area contributed by atoms with Gasteiger partial charge in [0.2, 0.25) is 0 Å². The molecule has 0 unspecified atom stereocenters. The van der Waals surface area contributed by atoms with Crippen LogP contribution in [0.4, 0.5) is 0 Å². The average molecular weight is 369 g/mol. The summed E-state index contributed by atoms with van der Waals surface area (Å²) in [7, 11) is 0. The first-order valence-corrected chi connectivity index (χ1v) is 8.92. The molecule has 1 aromatic heterocycles. The Labute approximate surface area is 136 Å². The zero-order valence-corrected chi connectivity index (χ0v) is 14.0. The Hall–Kier alpha value is -1.01. The number of carboxylic acid groups (broad SMARTS) is 1. The Morgan fingerprint density at radius 1 is 1.43 bits per heavy atom. The Morgan fingerprint density at radius 2 is 2.19 bits per heavy atom. The molecule has 3 rings (SSSR count). The van der Waals surface area contributed by atoms with E-state index in [-0.39, 0.29) is 5.75 Å². The highest BCUT2D eigenvalue weighted by Crippen LogP contribution is 2.31. The van der Waals surface area contributed by atoms with Crippen molar-refractivity contribution >= 4 is 44.7 Å². The standard InChI is InChI=1S/C15H17BrN2O2S/c16-11-5-6-12-13(7-11)18(8-10-3-1-2-4-10)15(17-12)21-9-14(19)20/h5-7,10H,1-4,8-9H2,(H,19,20). The first kappa shape index (κ1) is 14.9. The van der Waals surface area contributed by atoms with Gasteiger partial charge in [0.15, 0.2) is 5.16 Å². The Kier molecular flexibility index (Phi) is 4.54. The minimum atomic E-state index is -0.805. The van der Waals surface area contributed by atoms with E-state index in [0.29, 0.717) is 5.92 Å². The van der Waals surface area contributed by atoms with E-state index in [9.17, 15) is 4.79 Å². The summed E-state index contributed by atoms with van der Waals surface area (Å²) in [6, 6.07) is 6.03. The molecule has 2 aromatic rings. The van der Waals surface area contributed by atoms with Gasteiger partial charge in [-0.3, -0.25) is 4.79 Å². The maximum Gasteiger partial charge on any atom is 0.313 e. The third-order valence-electron chi connectivity index (χ3n) is 3.92. The molecule has 4 nitrogen and oxygen atoms in total. The van der Waals surface area contributed by atoms with Crippen LogP contribution in [0.15, 0.2) is 27.8 Å². The fourth-order valence-corrected chi connectivity index (χ4v) is 4.03. The predicted octanol–water partition coefficient (Wildman–Crippen LogP) is 4.17. The monoisotopic (exact) mass is 368 g/mol. The summed E-state index contributed by atoms with van der Waals surface area (Å²) < 4.78 is 3.22. The molecule has 1 saturated carbocycles. The van der Waals surface area contributed by atoms with Crippen LogP contribution in [0.25, 0.3) is 11.0 Å². The van der Waals surface area contributed by atoms with E-state index in [1.165, 1.54) is 37.4 Å². The smallest absolute Gasteiger partial charge is 0.313 e. The van der Waals surface area contributed by atoms with E-state index in [0.717, 1.165) is 27.2 Å². The van der Waals surface area contributed by atoms with Crippen molar-refractivity contribution in [1.82, 2.24) is 9.55 Å². The van der Waals surface area contributed by atoms with E-state index in [4.69, 9.17) is 5.11 Å². The van der Waals surface area contributed by atoms with Gasteiger partial charge in [-0.25, -0.2) is 4.98 Å². The second-order valence-electron chi connectivity index (χ2n) is 5.47. The quantitative estimate of drug-likeness (QED) is 0.804. The molecule has 112 valence electrons. The van der Waals surface area contributed by atoms with E-state index < -0.39 is 5.97 Å². The van der Waals surface area contributed by atoms with Gasteiger partial charge in [0.05, 0.1) is 16.8 Å². The molecule has 0 atom stereocenters. The SMILES string of the molecule is O=C(O)CSc1nc2ccc(Br)cc2n1CC1CCCC1. The molecule has 0 bridgehead atoms. The molecule has 0 radical (unpaired) electrons. The van der Waals surface area contributed by atoms with Crippen molar-refractivity contribution in [3.63, 3.8) is 0 Å². The summed E-state index contributed by atoms with van der Waals surface area (Å²) >= 11 is 4.82. The van der Waals surface area contributed by atoms with Crippen LogP contribution in [0.3, 0.4) is 0 Å². The molecule has 1 heterocycles. The molecule has 1 aliphatic carbocycles. The van der Waals surface area contributed by atoms with Crippen molar-refractivity contribution < 1.29 is 9.90 Å². The molecule has 0 saturated heterocycles. The number of hydrogen-bond acceptors (Lipinski definition) is 3. The van der Waals surface area contributed by atoms with Gasteiger partial charge < -0.3 is 9.67 Å². The third-order valence-corrected chi connectivity index (χ3v) is 5.37. The van der Waals surface area contributed by atoms with Gasteiger partial charge in [-0.15, -0.1) is 0 Å². The topological polar surface area (TPSA) is 55.1 Å². The lowest BCUT2D eigenvalue weighted by molar-refractivity contribution is -0.133. The Balaban J connectivity index is 1.96. The summed E-state index contributed by atoms with van der Waals surface area (Å²) in [5, 5.41) is 9.72. The summed E-state index contributed by atoms with van der Waals surface area (Å²) in [5.74, 6) is -0.0685. The fraction of sp³-hybridized carbons (Fsp3) is 0.467. The van der Waals surface area contributed by atoms with Crippen LogP contribution in [0.5, 0.6) is 0 Å². The van der Waals surface area contributed by atoms with Crippen molar-refractivity contribution in [2.75, 3.05) is 5.75 Å². The van der Waals surface area contributed by atoms with Crippen LogP contribution in [-0.4, -0.2) is 26.4 Å².